The van der Waals surface area contributed by atoms with Crippen LogP contribution < -0.4 is 14.8 Å². The molecular formula is C16H26ClNO2. The van der Waals surface area contributed by atoms with Crippen molar-refractivity contribution in [2.75, 3.05) is 6.61 Å². The summed E-state index contributed by atoms with van der Waals surface area (Å²) >= 11 is 6.33. The molecule has 0 saturated heterocycles. The van der Waals surface area contributed by atoms with Crippen LogP contribution >= 0.6 is 11.6 Å². The lowest BCUT2D eigenvalue weighted by atomic mass is 10.1. The van der Waals surface area contributed by atoms with Gasteiger partial charge >= 0.3 is 0 Å². The summed E-state index contributed by atoms with van der Waals surface area (Å²) in [5.41, 5.74) is 1.15. The van der Waals surface area contributed by atoms with E-state index in [0.29, 0.717) is 23.1 Å². The topological polar surface area (TPSA) is 30.5 Å². The molecule has 0 heterocycles. The maximum absolute atomic E-state index is 6.33. The predicted molar refractivity (Wildman–Crippen MR) is 85.0 cm³/mol. The number of rotatable bonds is 6. The molecule has 1 aromatic rings. The Hall–Kier alpha value is -0.930. The molecule has 0 aliphatic heterocycles. The Labute approximate surface area is 127 Å². The van der Waals surface area contributed by atoms with Gasteiger partial charge in [-0.2, -0.15) is 0 Å². The third-order valence-corrected chi connectivity index (χ3v) is 2.83. The summed E-state index contributed by atoms with van der Waals surface area (Å²) in [5, 5.41) is 4.03. The Kier molecular flexibility index (Phi) is 6.15. The zero-order valence-electron chi connectivity index (χ0n) is 13.3. The van der Waals surface area contributed by atoms with E-state index >= 15 is 0 Å². The van der Waals surface area contributed by atoms with Crippen molar-refractivity contribution in [1.29, 1.82) is 0 Å². The van der Waals surface area contributed by atoms with Crippen LogP contribution in [-0.4, -0.2) is 18.2 Å². The van der Waals surface area contributed by atoms with E-state index in [9.17, 15) is 0 Å². The molecule has 1 rings (SSSR count). The van der Waals surface area contributed by atoms with Crippen molar-refractivity contribution in [2.24, 2.45) is 0 Å². The highest BCUT2D eigenvalue weighted by Crippen LogP contribution is 2.37. The second-order valence-corrected chi connectivity index (χ2v) is 6.52. The lowest BCUT2D eigenvalue weighted by Gasteiger charge is -2.22. The smallest absolute Gasteiger partial charge is 0.180 e. The molecular weight excluding hydrogens is 274 g/mol. The number of hydrogen-bond donors (Lipinski definition) is 1. The summed E-state index contributed by atoms with van der Waals surface area (Å²) in [4.78, 5) is 0. The Morgan fingerprint density at radius 2 is 1.90 bits per heavy atom. The van der Waals surface area contributed by atoms with Crippen LogP contribution in [0, 0.1) is 0 Å². The first kappa shape index (κ1) is 17.1. The summed E-state index contributed by atoms with van der Waals surface area (Å²) in [5.74, 6) is 1.34. The molecule has 1 aromatic carbocycles. The van der Waals surface area contributed by atoms with E-state index in [1.165, 1.54) is 0 Å². The first-order valence-corrected chi connectivity index (χ1v) is 7.47. The summed E-state index contributed by atoms with van der Waals surface area (Å²) in [6.07, 6.45) is 0.0604. The van der Waals surface area contributed by atoms with Gasteiger partial charge < -0.3 is 14.8 Å². The molecule has 0 bridgehead atoms. The fraction of sp³-hybridized carbons (Fsp3) is 0.625. The fourth-order valence-corrected chi connectivity index (χ4v) is 1.98. The molecule has 0 aliphatic carbocycles. The number of benzene rings is 1. The van der Waals surface area contributed by atoms with Crippen molar-refractivity contribution in [2.45, 2.75) is 59.7 Å². The quantitative estimate of drug-likeness (QED) is 0.844. The monoisotopic (exact) mass is 299 g/mol. The highest BCUT2D eigenvalue weighted by Gasteiger charge is 2.15. The molecule has 0 saturated carbocycles. The molecule has 0 atom stereocenters. The van der Waals surface area contributed by atoms with Crippen molar-refractivity contribution >= 4 is 11.6 Å². The van der Waals surface area contributed by atoms with E-state index in [2.05, 4.69) is 26.1 Å². The third-order valence-electron chi connectivity index (χ3n) is 2.55. The van der Waals surface area contributed by atoms with Crippen molar-refractivity contribution in [3.05, 3.63) is 22.7 Å². The van der Waals surface area contributed by atoms with Gasteiger partial charge in [-0.15, -0.1) is 0 Å². The van der Waals surface area contributed by atoms with Gasteiger partial charge in [0.1, 0.15) is 0 Å². The number of nitrogens with one attached hydrogen (secondary N) is 1. The maximum Gasteiger partial charge on any atom is 0.180 e. The van der Waals surface area contributed by atoms with Crippen LogP contribution in [0.2, 0.25) is 5.02 Å². The summed E-state index contributed by atoms with van der Waals surface area (Å²) in [6, 6.07) is 3.92. The molecule has 0 spiro atoms. The lowest BCUT2D eigenvalue weighted by Crippen LogP contribution is -2.35. The van der Waals surface area contributed by atoms with E-state index in [0.717, 1.165) is 12.1 Å². The van der Waals surface area contributed by atoms with E-state index < -0.39 is 0 Å². The van der Waals surface area contributed by atoms with E-state index in [1.54, 1.807) is 0 Å². The lowest BCUT2D eigenvalue weighted by molar-refractivity contribution is 0.224. The van der Waals surface area contributed by atoms with Crippen molar-refractivity contribution < 1.29 is 9.47 Å². The van der Waals surface area contributed by atoms with Gasteiger partial charge in [0.25, 0.3) is 0 Å². The minimum absolute atomic E-state index is 0.0604. The third kappa shape index (κ3) is 5.59. The number of hydrogen-bond acceptors (Lipinski definition) is 3. The van der Waals surface area contributed by atoms with Gasteiger partial charge in [0.05, 0.1) is 17.7 Å². The second kappa shape index (κ2) is 7.19. The van der Waals surface area contributed by atoms with Gasteiger partial charge in [0, 0.05) is 12.1 Å². The minimum atomic E-state index is 0.0604. The standard InChI is InChI=1S/C16H26ClNO2/c1-7-19-14-9-12(10-18-16(4,5)6)8-13(17)15(14)20-11(2)3/h8-9,11,18H,7,10H2,1-6H3. The first-order chi connectivity index (χ1) is 9.23. The van der Waals surface area contributed by atoms with E-state index in [-0.39, 0.29) is 11.6 Å². The van der Waals surface area contributed by atoms with Crippen LogP contribution in [0.3, 0.4) is 0 Å². The molecule has 20 heavy (non-hydrogen) atoms. The maximum atomic E-state index is 6.33. The molecule has 114 valence electrons. The molecule has 0 fully saturated rings. The average molecular weight is 300 g/mol. The summed E-state index contributed by atoms with van der Waals surface area (Å²) < 4.78 is 11.4. The van der Waals surface area contributed by atoms with Gasteiger partial charge in [0.15, 0.2) is 11.5 Å². The largest absolute Gasteiger partial charge is 0.490 e. The Balaban J connectivity index is 3.00. The van der Waals surface area contributed by atoms with E-state index in [1.807, 2.05) is 32.9 Å². The Morgan fingerprint density at radius 1 is 1.25 bits per heavy atom. The van der Waals surface area contributed by atoms with Gasteiger partial charge in [0.2, 0.25) is 0 Å². The van der Waals surface area contributed by atoms with Crippen LogP contribution in [0.5, 0.6) is 11.5 Å². The summed E-state index contributed by atoms with van der Waals surface area (Å²) in [7, 11) is 0. The summed E-state index contributed by atoms with van der Waals surface area (Å²) in [6.45, 7) is 13.6. The van der Waals surface area contributed by atoms with Gasteiger partial charge in [-0.3, -0.25) is 0 Å². The van der Waals surface area contributed by atoms with Crippen LogP contribution in [0.15, 0.2) is 12.1 Å². The van der Waals surface area contributed by atoms with Crippen LogP contribution in [0.4, 0.5) is 0 Å². The first-order valence-electron chi connectivity index (χ1n) is 7.10. The molecule has 0 amide bonds. The fourth-order valence-electron chi connectivity index (χ4n) is 1.70. The highest BCUT2D eigenvalue weighted by atomic mass is 35.5. The zero-order chi connectivity index (χ0) is 15.3. The van der Waals surface area contributed by atoms with Crippen LogP contribution in [0.1, 0.15) is 47.1 Å². The molecule has 0 radical (unpaired) electrons. The van der Waals surface area contributed by atoms with Crippen LogP contribution in [-0.2, 0) is 6.54 Å². The average Bonchev–Trinajstić information content (AvgIpc) is 2.30. The zero-order valence-corrected chi connectivity index (χ0v) is 14.1. The van der Waals surface area contributed by atoms with Gasteiger partial charge in [-0.05, 0) is 59.2 Å². The van der Waals surface area contributed by atoms with Gasteiger partial charge in [-0.1, -0.05) is 11.6 Å². The second-order valence-electron chi connectivity index (χ2n) is 6.11. The Bertz CT molecular complexity index is 439. The predicted octanol–water partition coefficient (Wildman–Crippen LogP) is 4.41. The molecule has 4 heteroatoms. The number of halogens is 1. The normalized spacial score (nSPS) is 11.8. The molecule has 3 nitrogen and oxygen atoms in total. The molecule has 0 aromatic heterocycles. The van der Waals surface area contributed by atoms with Crippen molar-refractivity contribution in [1.82, 2.24) is 5.32 Å². The Morgan fingerprint density at radius 3 is 2.40 bits per heavy atom. The molecule has 1 N–H and O–H groups in total. The van der Waals surface area contributed by atoms with Gasteiger partial charge in [-0.25, -0.2) is 0 Å². The highest BCUT2D eigenvalue weighted by molar-refractivity contribution is 6.32. The van der Waals surface area contributed by atoms with Crippen molar-refractivity contribution in [3.8, 4) is 11.5 Å². The molecule has 0 aliphatic rings. The minimum Gasteiger partial charge on any atom is -0.490 e. The van der Waals surface area contributed by atoms with Crippen LogP contribution in [0.25, 0.3) is 0 Å². The SMILES string of the molecule is CCOc1cc(CNC(C)(C)C)cc(Cl)c1OC(C)C. The molecule has 0 unspecified atom stereocenters. The number of ether oxygens (including phenoxy) is 2. The van der Waals surface area contributed by atoms with Crippen molar-refractivity contribution in [3.63, 3.8) is 0 Å². The van der Waals surface area contributed by atoms with E-state index in [4.69, 9.17) is 21.1 Å².